The number of thiocarbonyl (C=S) groups is 1. The van der Waals surface area contributed by atoms with Crippen molar-refractivity contribution in [3.05, 3.63) is 70.4 Å². The van der Waals surface area contributed by atoms with Gasteiger partial charge in [-0.3, -0.25) is 10.1 Å². The molecule has 2 heterocycles. The predicted octanol–water partition coefficient (Wildman–Crippen LogP) is 5.98. The molecule has 0 atom stereocenters. The zero-order valence-corrected chi connectivity index (χ0v) is 18.3. The van der Waals surface area contributed by atoms with Crippen molar-refractivity contribution in [1.29, 1.82) is 0 Å². The van der Waals surface area contributed by atoms with Gasteiger partial charge in [0.05, 0.1) is 10.0 Å². The number of carbonyl (C=O) groups excluding carboxylic acids is 1. The summed E-state index contributed by atoms with van der Waals surface area (Å²) in [5.41, 5.74) is 2.72. The number of benzene rings is 2. The maximum absolute atomic E-state index is 12.5. The summed E-state index contributed by atoms with van der Waals surface area (Å²) in [4.78, 5) is 14.8. The van der Waals surface area contributed by atoms with Gasteiger partial charge in [0.25, 0.3) is 5.91 Å². The van der Waals surface area contributed by atoms with Crippen LogP contribution in [0.4, 0.5) is 11.4 Å². The van der Waals surface area contributed by atoms with E-state index in [1.54, 1.807) is 30.3 Å². The van der Waals surface area contributed by atoms with E-state index in [2.05, 4.69) is 15.5 Å². The lowest BCUT2D eigenvalue weighted by molar-refractivity contribution is 0.0951. The van der Waals surface area contributed by atoms with Crippen molar-refractivity contribution in [2.75, 3.05) is 23.3 Å². The second-order valence-electron chi connectivity index (χ2n) is 6.94. The smallest absolute Gasteiger partial charge is 0.293 e. The zero-order valence-electron chi connectivity index (χ0n) is 16.0. The van der Waals surface area contributed by atoms with Gasteiger partial charge in [-0.25, -0.2) is 0 Å². The number of nitrogens with one attached hydrogen (secondary N) is 2. The van der Waals surface area contributed by atoms with Gasteiger partial charge < -0.3 is 14.6 Å². The Morgan fingerprint density at radius 1 is 0.967 bits per heavy atom. The highest BCUT2D eigenvalue weighted by molar-refractivity contribution is 7.80. The van der Waals surface area contributed by atoms with E-state index in [-0.39, 0.29) is 10.9 Å². The van der Waals surface area contributed by atoms with Crippen LogP contribution in [0.5, 0.6) is 0 Å². The third-order valence-electron chi connectivity index (χ3n) is 4.86. The molecule has 0 aliphatic carbocycles. The van der Waals surface area contributed by atoms with E-state index in [1.165, 1.54) is 18.5 Å². The average molecular weight is 460 g/mol. The molecule has 4 rings (SSSR count). The molecule has 1 fully saturated rings. The Kier molecular flexibility index (Phi) is 6.27. The molecule has 2 aromatic carbocycles. The number of furan rings is 1. The molecule has 0 spiro atoms. The lowest BCUT2D eigenvalue weighted by Gasteiger charge is -2.18. The number of hydrogen-bond donors (Lipinski definition) is 2. The van der Waals surface area contributed by atoms with Crippen LogP contribution in [0.1, 0.15) is 23.4 Å². The first-order chi connectivity index (χ1) is 14.5. The van der Waals surface area contributed by atoms with Crippen LogP contribution < -0.4 is 15.5 Å². The molecule has 0 saturated carbocycles. The normalized spacial score (nSPS) is 13.3. The van der Waals surface area contributed by atoms with E-state index in [0.29, 0.717) is 15.8 Å². The number of nitrogens with zero attached hydrogens (tertiary/aromatic N) is 1. The Hall–Kier alpha value is -2.54. The second-order valence-corrected chi connectivity index (χ2v) is 8.16. The monoisotopic (exact) mass is 459 g/mol. The van der Waals surface area contributed by atoms with E-state index in [4.69, 9.17) is 39.8 Å². The second kappa shape index (κ2) is 9.08. The maximum Gasteiger partial charge on any atom is 0.293 e. The van der Waals surface area contributed by atoms with Gasteiger partial charge in [-0.05, 0) is 79.7 Å². The van der Waals surface area contributed by atoms with E-state index in [9.17, 15) is 4.79 Å². The highest BCUT2D eigenvalue weighted by Gasteiger charge is 2.15. The van der Waals surface area contributed by atoms with Crippen LogP contribution in [0, 0.1) is 0 Å². The van der Waals surface area contributed by atoms with E-state index < -0.39 is 5.91 Å². The van der Waals surface area contributed by atoms with Gasteiger partial charge in [0.2, 0.25) is 0 Å². The van der Waals surface area contributed by atoms with Gasteiger partial charge in [-0.1, -0.05) is 23.2 Å². The molecule has 1 aliphatic rings. The third-order valence-corrected chi connectivity index (χ3v) is 5.80. The first-order valence-corrected chi connectivity index (χ1v) is 10.7. The molecule has 0 radical (unpaired) electrons. The van der Waals surface area contributed by atoms with Gasteiger partial charge in [0.15, 0.2) is 10.9 Å². The van der Waals surface area contributed by atoms with Crippen molar-refractivity contribution >= 4 is 57.8 Å². The Morgan fingerprint density at radius 3 is 2.40 bits per heavy atom. The van der Waals surface area contributed by atoms with E-state index >= 15 is 0 Å². The minimum atomic E-state index is -0.438. The molecule has 154 valence electrons. The topological polar surface area (TPSA) is 57.5 Å². The Balaban J connectivity index is 1.36. The van der Waals surface area contributed by atoms with Crippen molar-refractivity contribution < 1.29 is 9.21 Å². The van der Waals surface area contributed by atoms with Gasteiger partial charge in [-0.2, -0.15) is 0 Å². The van der Waals surface area contributed by atoms with Crippen LogP contribution in [0.15, 0.2) is 59.0 Å². The summed E-state index contributed by atoms with van der Waals surface area (Å²) in [7, 11) is 0. The molecule has 0 bridgehead atoms. The van der Waals surface area contributed by atoms with Crippen LogP contribution >= 0.6 is 35.4 Å². The van der Waals surface area contributed by atoms with Crippen molar-refractivity contribution in [2.45, 2.75) is 12.8 Å². The Morgan fingerprint density at radius 2 is 1.70 bits per heavy atom. The van der Waals surface area contributed by atoms with Gasteiger partial charge in [0, 0.05) is 30.0 Å². The standard InChI is InChI=1S/C22H19Cl2N3O2S/c23-17-8-3-14(13-18(17)24)19-9-10-20(29-19)21(28)26-22(30)25-15-4-6-16(7-5-15)27-11-1-2-12-27/h3-10,13H,1-2,11-12H2,(H2,25,26,28,30). The lowest BCUT2D eigenvalue weighted by Crippen LogP contribution is -2.33. The van der Waals surface area contributed by atoms with Gasteiger partial charge in [-0.15, -0.1) is 0 Å². The number of amides is 1. The van der Waals surface area contributed by atoms with Crippen molar-refractivity contribution in [1.82, 2.24) is 5.32 Å². The van der Waals surface area contributed by atoms with Crippen molar-refractivity contribution in [3.63, 3.8) is 0 Å². The first kappa shape index (κ1) is 20.7. The van der Waals surface area contributed by atoms with Gasteiger partial charge >= 0.3 is 0 Å². The fourth-order valence-electron chi connectivity index (χ4n) is 3.32. The fraction of sp³-hybridized carbons (Fsp3) is 0.182. The summed E-state index contributed by atoms with van der Waals surface area (Å²) >= 11 is 17.2. The highest BCUT2D eigenvalue weighted by atomic mass is 35.5. The van der Waals surface area contributed by atoms with Crippen LogP contribution in [0.25, 0.3) is 11.3 Å². The largest absolute Gasteiger partial charge is 0.451 e. The molecular weight excluding hydrogens is 441 g/mol. The molecule has 1 amide bonds. The summed E-state index contributed by atoms with van der Waals surface area (Å²) in [6, 6.07) is 16.4. The third kappa shape index (κ3) is 4.78. The minimum absolute atomic E-state index is 0.143. The van der Waals surface area contributed by atoms with Gasteiger partial charge in [0.1, 0.15) is 5.76 Å². The van der Waals surface area contributed by atoms with E-state index in [0.717, 1.165) is 24.3 Å². The van der Waals surface area contributed by atoms with Crippen molar-refractivity contribution in [3.8, 4) is 11.3 Å². The molecule has 8 heteroatoms. The molecule has 3 aromatic rings. The molecule has 2 N–H and O–H groups in total. The summed E-state index contributed by atoms with van der Waals surface area (Å²) in [6.07, 6.45) is 2.46. The maximum atomic E-state index is 12.5. The fourth-order valence-corrected chi connectivity index (χ4v) is 3.83. The summed E-state index contributed by atoms with van der Waals surface area (Å²) in [5.74, 6) is 0.215. The van der Waals surface area contributed by atoms with Crippen LogP contribution in [0.3, 0.4) is 0 Å². The van der Waals surface area contributed by atoms with Crippen molar-refractivity contribution in [2.24, 2.45) is 0 Å². The van der Waals surface area contributed by atoms with Crippen LogP contribution in [-0.2, 0) is 0 Å². The molecule has 1 aliphatic heterocycles. The number of anilines is 2. The Bertz CT molecular complexity index is 1080. The summed E-state index contributed by atoms with van der Waals surface area (Å²) in [6.45, 7) is 2.18. The summed E-state index contributed by atoms with van der Waals surface area (Å²) < 4.78 is 5.64. The SMILES string of the molecule is O=C(NC(=S)Nc1ccc(N2CCCC2)cc1)c1ccc(-c2ccc(Cl)c(Cl)c2)o1. The molecule has 1 aromatic heterocycles. The number of halogens is 2. The lowest BCUT2D eigenvalue weighted by atomic mass is 10.2. The minimum Gasteiger partial charge on any atom is -0.451 e. The highest BCUT2D eigenvalue weighted by Crippen LogP contribution is 2.29. The average Bonchev–Trinajstić information content (AvgIpc) is 3.43. The molecular formula is C22H19Cl2N3O2S. The van der Waals surface area contributed by atoms with Crippen LogP contribution in [-0.4, -0.2) is 24.1 Å². The molecule has 0 unspecified atom stereocenters. The quantitative estimate of drug-likeness (QED) is 0.469. The van der Waals surface area contributed by atoms with Crippen LogP contribution in [0.2, 0.25) is 10.0 Å². The summed E-state index contributed by atoms with van der Waals surface area (Å²) in [5, 5.41) is 6.71. The predicted molar refractivity (Wildman–Crippen MR) is 126 cm³/mol. The molecule has 30 heavy (non-hydrogen) atoms. The zero-order chi connectivity index (χ0) is 21.1. The van der Waals surface area contributed by atoms with E-state index in [1.807, 2.05) is 24.3 Å². The number of hydrogen-bond acceptors (Lipinski definition) is 4. The molecule has 5 nitrogen and oxygen atoms in total. The molecule has 1 saturated heterocycles. The first-order valence-electron chi connectivity index (χ1n) is 9.52. The number of carbonyl (C=O) groups is 1. The Labute approximate surface area is 190 Å². The number of rotatable bonds is 4.